The Bertz CT molecular complexity index is 202. The highest BCUT2D eigenvalue weighted by atomic mass is 28.2. The molecule has 0 radical (unpaired) electrons. The second kappa shape index (κ2) is 15.2. The summed E-state index contributed by atoms with van der Waals surface area (Å²) in [6.07, 6.45) is 2.84. The van der Waals surface area contributed by atoms with E-state index in [2.05, 4.69) is 6.58 Å². The van der Waals surface area contributed by atoms with Crippen molar-refractivity contribution in [3.05, 3.63) is 12.7 Å². The van der Waals surface area contributed by atoms with Crippen molar-refractivity contribution in [1.82, 2.24) is 0 Å². The van der Waals surface area contributed by atoms with Crippen LogP contribution in [0.15, 0.2) is 12.7 Å². The summed E-state index contributed by atoms with van der Waals surface area (Å²) < 4.78 is 10.0. The summed E-state index contributed by atoms with van der Waals surface area (Å²) in [7, 11) is -0.357. The van der Waals surface area contributed by atoms with Gasteiger partial charge in [-0.05, 0) is 19.4 Å². The Hall–Kier alpha value is -1.23. The number of hydrogen-bond donors (Lipinski definition) is 1. The molecule has 5 nitrogen and oxygen atoms in total. The molecule has 0 aliphatic carbocycles. The molecule has 0 aromatic rings. The van der Waals surface area contributed by atoms with Crippen molar-refractivity contribution in [3.8, 4) is 0 Å². The van der Waals surface area contributed by atoms with Gasteiger partial charge in [-0.25, -0.2) is 15.0 Å². The first-order valence-corrected chi connectivity index (χ1v) is 6.21. The molecule has 0 saturated heterocycles. The molecule has 0 heterocycles. The molecule has 0 saturated carbocycles. The summed E-state index contributed by atoms with van der Waals surface area (Å²) in [6, 6.07) is 1.07. The van der Waals surface area contributed by atoms with Gasteiger partial charge in [0.05, 0.1) is 6.61 Å². The molecule has 0 fully saturated rings. The fourth-order valence-electron chi connectivity index (χ4n) is 0.682. The second-order valence-electron chi connectivity index (χ2n) is 2.38. The molecule has 0 spiro atoms. The number of rotatable bonds is 7. The lowest BCUT2D eigenvalue weighted by atomic mass is 10.5. The Kier molecular flexibility index (Phi) is 16.5. The van der Waals surface area contributed by atoms with Gasteiger partial charge in [-0.3, -0.25) is 0 Å². The lowest BCUT2D eigenvalue weighted by molar-refractivity contribution is -0.137. The van der Waals surface area contributed by atoms with Crippen molar-refractivity contribution in [2.24, 2.45) is 0 Å². The quantitative estimate of drug-likeness (QED) is 0.173. The Morgan fingerprint density at radius 3 is 2.73 bits per heavy atom. The minimum Gasteiger partial charge on any atom is -0.463 e. The number of ether oxygens (including phenoxy) is 1. The summed E-state index contributed by atoms with van der Waals surface area (Å²) in [5.74, 6) is -0.340. The van der Waals surface area contributed by atoms with Gasteiger partial charge in [-0.1, -0.05) is 6.58 Å². The zero-order valence-corrected chi connectivity index (χ0v) is 10.4. The Balaban J connectivity index is 0. The highest BCUT2D eigenvalue weighted by molar-refractivity contribution is 6.26. The van der Waals surface area contributed by atoms with Crippen LogP contribution in [0.1, 0.15) is 13.3 Å². The van der Waals surface area contributed by atoms with Crippen molar-refractivity contribution in [2.45, 2.75) is 19.4 Å². The van der Waals surface area contributed by atoms with E-state index in [0.717, 1.165) is 25.2 Å². The lowest BCUT2D eigenvalue weighted by Crippen LogP contribution is -2.04. The number of carbonyl (C=O) groups is 1. The van der Waals surface area contributed by atoms with Gasteiger partial charge in [-0.2, -0.15) is 0 Å². The van der Waals surface area contributed by atoms with Gasteiger partial charge >= 0.3 is 5.97 Å². The zero-order valence-electron chi connectivity index (χ0n) is 8.95. The van der Waals surface area contributed by atoms with E-state index in [9.17, 15) is 4.79 Å². The van der Waals surface area contributed by atoms with E-state index in [4.69, 9.17) is 19.4 Å². The third-order valence-electron chi connectivity index (χ3n) is 1.30. The van der Waals surface area contributed by atoms with E-state index >= 15 is 0 Å². The summed E-state index contributed by atoms with van der Waals surface area (Å²) in [4.78, 5) is 18.9. The van der Waals surface area contributed by atoms with Crippen LogP contribution < -0.4 is 0 Å². The van der Waals surface area contributed by atoms with E-state index in [0.29, 0.717) is 6.61 Å². The summed E-state index contributed by atoms with van der Waals surface area (Å²) >= 11 is 0. The number of hydrogen-bond acceptors (Lipinski definition) is 5. The molecule has 0 rings (SSSR count). The molecule has 0 amide bonds. The third kappa shape index (κ3) is 19.3. The van der Waals surface area contributed by atoms with Gasteiger partial charge < -0.3 is 9.16 Å². The first-order chi connectivity index (χ1) is 7.22. The highest BCUT2D eigenvalue weighted by Gasteiger charge is 1.94. The first-order valence-electron chi connectivity index (χ1n) is 4.63. The molecular weight excluding hydrogens is 214 g/mol. The van der Waals surface area contributed by atoms with E-state index in [-0.39, 0.29) is 15.7 Å². The van der Waals surface area contributed by atoms with Crippen LogP contribution in [0.3, 0.4) is 0 Å². The van der Waals surface area contributed by atoms with E-state index in [1.54, 1.807) is 0 Å². The SMILES string of the molecule is C=CC(=O)OCCC[SiH2]OCC.N=C=O. The molecule has 86 valence electrons. The van der Waals surface area contributed by atoms with Gasteiger partial charge in [-0.15, -0.1) is 0 Å². The number of isocyanates is 1. The standard InChI is InChI=1S/C8H16O3Si.CHNO/c1-3-8(9)10-6-5-7-12-11-4-2;2-1-3/h3H,1,4-7,12H2,2H3;2H. The molecule has 1 N–H and O–H groups in total. The first kappa shape index (κ1) is 16.2. The van der Waals surface area contributed by atoms with Gasteiger partial charge in [0.2, 0.25) is 6.08 Å². The van der Waals surface area contributed by atoms with Crippen LogP contribution in [-0.2, 0) is 18.8 Å². The average Bonchev–Trinajstić information content (AvgIpc) is 2.24. The molecule has 15 heavy (non-hydrogen) atoms. The van der Waals surface area contributed by atoms with Crippen LogP contribution in [0.4, 0.5) is 0 Å². The van der Waals surface area contributed by atoms with Crippen molar-refractivity contribution < 1.29 is 18.8 Å². The zero-order chi connectivity index (χ0) is 11.9. The van der Waals surface area contributed by atoms with Gasteiger partial charge in [0.1, 0.15) is 0 Å². The van der Waals surface area contributed by atoms with Crippen LogP contribution in [0.5, 0.6) is 0 Å². The smallest absolute Gasteiger partial charge is 0.330 e. The van der Waals surface area contributed by atoms with Gasteiger partial charge in [0, 0.05) is 12.7 Å². The fraction of sp³-hybridized carbons (Fsp3) is 0.556. The summed E-state index contributed by atoms with van der Waals surface area (Å²) in [5, 5.41) is 5.40. The predicted molar refractivity (Wildman–Crippen MR) is 59.2 cm³/mol. The predicted octanol–water partition coefficient (Wildman–Crippen LogP) is 0.545. The number of esters is 1. The maximum absolute atomic E-state index is 10.5. The largest absolute Gasteiger partial charge is 0.463 e. The summed E-state index contributed by atoms with van der Waals surface area (Å²) in [5.41, 5.74) is 0. The molecule has 0 aromatic heterocycles. The number of nitrogens with one attached hydrogen (secondary N) is 1. The number of carbonyl (C=O) groups excluding carboxylic acids is 2. The highest BCUT2D eigenvalue weighted by Crippen LogP contribution is 1.91. The maximum Gasteiger partial charge on any atom is 0.330 e. The average molecular weight is 231 g/mol. The van der Waals surface area contributed by atoms with Crippen LogP contribution in [0.2, 0.25) is 6.04 Å². The topological polar surface area (TPSA) is 76.5 Å². The molecule has 6 heteroatoms. The van der Waals surface area contributed by atoms with E-state index < -0.39 is 0 Å². The van der Waals surface area contributed by atoms with Gasteiger partial charge in [0.15, 0.2) is 9.76 Å². The van der Waals surface area contributed by atoms with Crippen LogP contribution in [0.25, 0.3) is 0 Å². The van der Waals surface area contributed by atoms with Gasteiger partial charge in [0.25, 0.3) is 0 Å². The Labute approximate surface area is 91.9 Å². The third-order valence-corrected chi connectivity index (χ3v) is 2.78. The lowest BCUT2D eigenvalue weighted by Gasteiger charge is -2.01. The van der Waals surface area contributed by atoms with Crippen LogP contribution in [0, 0.1) is 5.41 Å². The maximum atomic E-state index is 10.5. The molecule has 0 aliphatic rings. The minimum atomic E-state index is -0.357. The van der Waals surface area contributed by atoms with Crippen molar-refractivity contribution in [3.63, 3.8) is 0 Å². The molecular formula is C9H17NO4Si. The Morgan fingerprint density at radius 2 is 2.27 bits per heavy atom. The monoisotopic (exact) mass is 231 g/mol. The van der Waals surface area contributed by atoms with Crippen LogP contribution in [-0.4, -0.2) is 35.0 Å². The molecule has 0 bridgehead atoms. The van der Waals surface area contributed by atoms with E-state index in [1.807, 2.05) is 6.92 Å². The molecule has 0 unspecified atom stereocenters. The molecule has 0 atom stereocenters. The van der Waals surface area contributed by atoms with E-state index in [1.165, 1.54) is 6.08 Å². The molecule has 0 aliphatic heterocycles. The normalized spacial score (nSPS) is 8.87. The van der Waals surface area contributed by atoms with Crippen LogP contribution >= 0.6 is 0 Å². The van der Waals surface area contributed by atoms with Crippen molar-refractivity contribution >= 4 is 21.8 Å². The van der Waals surface area contributed by atoms with Crippen molar-refractivity contribution in [1.29, 1.82) is 5.41 Å². The summed E-state index contributed by atoms with van der Waals surface area (Å²) in [6.45, 7) is 6.58. The minimum absolute atomic E-state index is 0.340. The Morgan fingerprint density at radius 1 is 1.67 bits per heavy atom. The fourth-order valence-corrected chi connectivity index (χ4v) is 1.58. The van der Waals surface area contributed by atoms with Crippen molar-refractivity contribution in [2.75, 3.05) is 13.2 Å². The second-order valence-corrected chi connectivity index (χ2v) is 3.90. The molecule has 0 aromatic carbocycles.